The van der Waals surface area contributed by atoms with Crippen LogP contribution in [0.3, 0.4) is 0 Å². The lowest BCUT2D eigenvalue weighted by Crippen LogP contribution is -2.50. The number of piperidine rings is 1. The molecule has 1 aliphatic heterocycles. The molecule has 6 nitrogen and oxygen atoms in total. The number of carbonyl (C=O) groups is 1. The highest BCUT2D eigenvalue weighted by molar-refractivity contribution is 7.88. The van der Waals surface area contributed by atoms with Gasteiger partial charge in [-0.1, -0.05) is 0 Å². The monoisotopic (exact) mass is 327 g/mol. The summed E-state index contributed by atoms with van der Waals surface area (Å²) in [4.78, 5) is 14.1. The number of amides is 1. The second kappa shape index (κ2) is 7.59. The molecular formula is C12H26ClN3O3S. The van der Waals surface area contributed by atoms with Gasteiger partial charge >= 0.3 is 0 Å². The summed E-state index contributed by atoms with van der Waals surface area (Å²) in [5.41, 5.74) is 5.08. The fourth-order valence-corrected chi connectivity index (χ4v) is 2.74. The summed E-state index contributed by atoms with van der Waals surface area (Å²) in [7, 11) is -3.17. The van der Waals surface area contributed by atoms with E-state index < -0.39 is 15.4 Å². The Balaban J connectivity index is 0.00000361. The van der Waals surface area contributed by atoms with Crippen molar-refractivity contribution in [2.24, 2.45) is 17.1 Å². The van der Waals surface area contributed by atoms with E-state index in [-0.39, 0.29) is 24.2 Å². The second-order valence-corrected chi connectivity index (χ2v) is 7.80. The summed E-state index contributed by atoms with van der Waals surface area (Å²) in [5.74, 6) is 0.236. The minimum absolute atomic E-state index is 0. The summed E-state index contributed by atoms with van der Waals surface area (Å²) in [6.07, 6.45) is 2.99. The highest BCUT2D eigenvalue weighted by Gasteiger charge is 2.33. The van der Waals surface area contributed by atoms with E-state index in [1.807, 2.05) is 18.7 Å². The average Bonchev–Trinajstić information content (AvgIpc) is 2.35. The summed E-state index contributed by atoms with van der Waals surface area (Å²) >= 11 is 0. The molecule has 0 bridgehead atoms. The molecule has 1 amide bonds. The van der Waals surface area contributed by atoms with Crippen LogP contribution in [0.1, 0.15) is 26.7 Å². The van der Waals surface area contributed by atoms with Crippen molar-refractivity contribution in [1.29, 1.82) is 0 Å². The number of hydrogen-bond donors (Lipinski definition) is 2. The Morgan fingerprint density at radius 1 is 1.45 bits per heavy atom. The first kappa shape index (κ1) is 19.6. The van der Waals surface area contributed by atoms with Crippen LogP contribution < -0.4 is 10.5 Å². The summed E-state index contributed by atoms with van der Waals surface area (Å²) in [6, 6.07) is 0. The Morgan fingerprint density at radius 3 is 2.55 bits per heavy atom. The summed E-state index contributed by atoms with van der Waals surface area (Å²) in [5, 5.41) is 0. The van der Waals surface area contributed by atoms with Gasteiger partial charge in [-0.05, 0) is 32.6 Å². The first-order valence-corrected chi connectivity index (χ1v) is 8.49. The van der Waals surface area contributed by atoms with Crippen LogP contribution in [0.25, 0.3) is 0 Å². The molecule has 1 heterocycles. The smallest absolute Gasteiger partial charge is 0.229 e. The van der Waals surface area contributed by atoms with Crippen LogP contribution in [0.4, 0.5) is 0 Å². The van der Waals surface area contributed by atoms with E-state index >= 15 is 0 Å². The molecule has 1 rings (SSSR count). The molecule has 0 spiro atoms. The van der Waals surface area contributed by atoms with Gasteiger partial charge in [0.15, 0.2) is 0 Å². The number of halogens is 1. The van der Waals surface area contributed by atoms with Crippen LogP contribution in [0.2, 0.25) is 0 Å². The first-order chi connectivity index (χ1) is 8.65. The number of rotatable bonds is 5. The third-order valence-corrected chi connectivity index (χ3v) is 4.22. The molecule has 1 aliphatic rings. The Hall–Kier alpha value is -0.370. The van der Waals surface area contributed by atoms with Crippen LogP contribution in [0.15, 0.2) is 0 Å². The number of hydrogen-bond acceptors (Lipinski definition) is 4. The molecule has 0 radical (unpaired) electrons. The van der Waals surface area contributed by atoms with E-state index in [1.165, 1.54) is 0 Å². The standard InChI is InChI=1S/C12H25N3O3S.ClH/c1-12(2,9-13)11(16)15-6-4-5-10(8-15)7-14-19(3,17)18;/h10,14H,4-9,13H2,1-3H3;1H. The lowest BCUT2D eigenvalue weighted by Gasteiger charge is -2.37. The van der Waals surface area contributed by atoms with Crippen LogP contribution >= 0.6 is 12.4 Å². The highest BCUT2D eigenvalue weighted by atomic mass is 35.5. The molecule has 1 unspecified atom stereocenters. The van der Waals surface area contributed by atoms with Crippen LogP contribution in [-0.2, 0) is 14.8 Å². The third kappa shape index (κ3) is 5.95. The van der Waals surface area contributed by atoms with Crippen molar-refractivity contribution in [2.45, 2.75) is 26.7 Å². The van der Waals surface area contributed by atoms with Crippen molar-refractivity contribution in [2.75, 3.05) is 32.4 Å². The zero-order chi connectivity index (χ0) is 14.7. The number of nitrogens with two attached hydrogens (primary N) is 1. The largest absolute Gasteiger partial charge is 0.342 e. The number of nitrogens with zero attached hydrogens (tertiary/aromatic N) is 1. The van der Waals surface area contributed by atoms with Crippen molar-refractivity contribution < 1.29 is 13.2 Å². The lowest BCUT2D eigenvalue weighted by molar-refractivity contribution is -0.141. The Labute approximate surface area is 127 Å². The topological polar surface area (TPSA) is 92.5 Å². The van der Waals surface area contributed by atoms with Crippen molar-refractivity contribution in [3.8, 4) is 0 Å². The highest BCUT2D eigenvalue weighted by Crippen LogP contribution is 2.23. The van der Waals surface area contributed by atoms with Crippen LogP contribution in [0, 0.1) is 11.3 Å². The van der Waals surface area contributed by atoms with Crippen molar-refractivity contribution in [1.82, 2.24) is 9.62 Å². The minimum Gasteiger partial charge on any atom is -0.342 e. The van der Waals surface area contributed by atoms with Gasteiger partial charge in [0.25, 0.3) is 0 Å². The maximum absolute atomic E-state index is 12.3. The zero-order valence-corrected chi connectivity index (χ0v) is 14.0. The maximum Gasteiger partial charge on any atom is 0.229 e. The van der Waals surface area contributed by atoms with E-state index in [1.54, 1.807) is 0 Å². The Bertz CT molecular complexity index is 426. The van der Waals surface area contributed by atoms with Crippen LogP contribution in [0.5, 0.6) is 0 Å². The molecule has 0 aromatic heterocycles. The van der Waals surface area contributed by atoms with Gasteiger partial charge in [0, 0.05) is 26.2 Å². The zero-order valence-electron chi connectivity index (χ0n) is 12.4. The molecular weight excluding hydrogens is 302 g/mol. The van der Waals surface area contributed by atoms with Gasteiger partial charge in [-0.2, -0.15) is 0 Å². The number of likely N-dealkylation sites (tertiary alicyclic amines) is 1. The predicted molar refractivity (Wildman–Crippen MR) is 82.2 cm³/mol. The predicted octanol–water partition coefficient (Wildman–Crippen LogP) is 0.181. The first-order valence-electron chi connectivity index (χ1n) is 6.60. The van der Waals surface area contributed by atoms with E-state index in [4.69, 9.17) is 5.73 Å². The Morgan fingerprint density at radius 2 is 2.05 bits per heavy atom. The van der Waals surface area contributed by atoms with Gasteiger partial charge in [0.2, 0.25) is 15.9 Å². The molecule has 1 atom stereocenters. The number of carbonyl (C=O) groups excluding carboxylic acids is 1. The van der Waals surface area contributed by atoms with E-state index in [0.717, 1.165) is 25.6 Å². The van der Waals surface area contributed by atoms with Crippen molar-refractivity contribution in [3.05, 3.63) is 0 Å². The van der Waals surface area contributed by atoms with E-state index in [9.17, 15) is 13.2 Å². The molecule has 1 fully saturated rings. The van der Waals surface area contributed by atoms with Gasteiger partial charge < -0.3 is 10.6 Å². The molecule has 0 aliphatic carbocycles. The van der Waals surface area contributed by atoms with Crippen LogP contribution in [-0.4, -0.2) is 51.7 Å². The normalized spacial score (nSPS) is 20.4. The van der Waals surface area contributed by atoms with Gasteiger partial charge in [0.1, 0.15) is 0 Å². The Kier molecular flexibility index (Phi) is 7.44. The molecule has 120 valence electrons. The second-order valence-electron chi connectivity index (χ2n) is 5.97. The number of sulfonamides is 1. The van der Waals surface area contributed by atoms with E-state index in [2.05, 4.69) is 4.72 Å². The summed E-state index contributed by atoms with van der Waals surface area (Å²) in [6.45, 7) is 5.73. The third-order valence-electron chi connectivity index (χ3n) is 3.53. The molecule has 3 N–H and O–H groups in total. The number of nitrogens with one attached hydrogen (secondary N) is 1. The minimum atomic E-state index is -3.17. The molecule has 1 saturated heterocycles. The molecule has 8 heteroatoms. The maximum atomic E-state index is 12.3. The van der Waals surface area contributed by atoms with Crippen molar-refractivity contribution in [3.63, 3.8) is 0 Å². The molecule has 0 saturated carbocycles. The SMILES string of the molecule is CC(C)(CN)C(=O)N1CCCC(CNS(C)(=O)=O)C1.Cl. The van der Waals surface area contributed by atoms with Gasteiger partial charge in [0.05, 0.1) is 11.7 Å². The van der Waals surface area contributed by atoms with Gasteiger partial charge in [-0.25, -0.2) is 13.1 Å². The fourth-order valence-electron chi connectivity index (χ4n) is 2.20. The average molecular weight is 328 g/mol. The summed E-state index contributed by atoms with van der Waals surface area (Å²) < 4.78 is 24.7. The van der Waals surface area contributed by atoms with Gasteiger partial charge in [-0.15, -0.1) is 12.4 Å². The molecule has 0 aromatic carbocycles. The quantitative estimate of drug-likeness (QED) is 0.753. The van der Waals surface area contributed by atoms with Gasteiger partial charge in [-0.3, -0.25) is 4.79 Å². The van der Waals surface area contributed by atoms with E-state index in [0.29, 0.717) is 19.6 Å². The molecule has 20 heavy (non-hydrogen) atoms. The fraction of sp³-hybridized carbons (Fsp3) is 0.917. The lowest BCUT2D eigenvalue weighted by atomic mass is 9.89. The molecule has 0 aromatic rings. The van der Waals surface area contributed by atoms with Crippen molar-refractivity contribution >= 4 is 28.3 Å².